The molecule has 3 rings (SSSR count). The van der Waals surface area contributed by atoms with Gasteiger partial charge in [-0.05, 0) is 18.6 Å². The van der Waals surface area contributed by atoms with Crippen LogP contribution in [-0.4, -0.2) is 47.5 Å². The summed E-state index contributed by atoms with van der Waals surface area (Å²) in [5, 5.41) is 0. The molecule has 2 heterocycles. The zero-order valence-electron chi connectivity index (χ0n) is 11.2. The van der Waals surface area contributed by atoms with Gasteiger partial charge in [0.1, 0.15) is 12.4 Å². The van der Waals surface area contributed by atoms with Crippen LogP contribution in [0.5, 0.6) is 5.75 Å². The average molecular weight is 332 g/mol. The summed E-state index contributed by atoms with van der Waals surface area (Å²) in [7, 11) is -6.92. The van der Waals surface area contributed by atoms with Gasteiger partial charge in [0.15, 0.2) is 9.84 Å². The second-order valence-electron chi connectivity index (χ2n) is 5.11. The minimum atomic E-state index is -3.79. The molecule has 1 N–H and O–H groups in total. The molecule has 0 saturated carbocycles. The Morgan fingerprint density at radius 2 is 2.05 bits per heavy atom. The number of ether oxygens (including phenoxy) is 1. The second-order valence-corrected chi connectivity index (χ2v) is 8.97. The molecular weight excluding hydrogens is 316 g/mol. The number of fused-ring (bicyclic) bond motifs is 1. The van der Waals surface area contributed by atoms with Crippen molar-refractivity contribution in [3.63, 3.8) is 0 Å². The summed E-state index contributed by atoms with van der Waals surface area (Å²) in [6.45, 7) is 0.465. The van der Waals surface area contributed by atoms with Crippen molar-refractivity contribution in [2.24, 2.45) is 0 Å². The zero-order chi connectivity index (χ0) is 15.1. The molecule has 9 heteroatoms. The van der Waals surface area contributed by atoms with Crippen molar-refractivity contribution in [1.82, 2.24) is 4.72 Å². The highest BCUT2D eigenvalue weighted by Crippen LogP contribution is 2.32. The third kappa shape index (κ3) is 2.99. The highest BCUT2D eigenvalue weighted by atomic mass is 32.2. The number of nitrogens with one attached hydrogen (secondary N) is 1. The summed E-state index contributed by atoms with van der Waals surface area (Å²) in [6, 6.07) is 6.31. The first-order valence-electron chi connectivity index (χ1n) is 6.60. The van der Waals surface area contributed by atoms with Crippen molar-refractivity contribution in [1.29, 1.82) is 0 Å². The Labute approximate surface area is 124 Å². The number of nitrogens with zero attached hydrogens (tertiary/aromatic N) is 1. The van der Waals surface area contributed by atoms with Crippen LogP contribution in [0, 0.1) is 0 Å². The fraction of sp³-hybridized carbons (Fsp3) is 0.500. The van der Waals surface area contributed by atoms with Crippen LogP contribution in [0.2, 0.25) is 0 Å². The molecule has 1 saturated heterocycles. The normalized spacial score (nSPS) is 24.4. The van der Waals surface area contributed by atoms with Gasteiger partial charge in [-0.25, -0.2) is 8.42 Å². The van der Waals surface area contributed by atoms with Crippen LogP contribution in [-0.2, 0) is 20.0 Å². The molecular formula is C12H16N2O5S2. The highest BCUT2D eigenvalue weighted by Gasteiger charge is 2.35. The fourth-order valence-corrected chi connectivity index (χ4v) is 5.81. The lowest BCUT2D eigenvalue weighted by molar-refractivity contribution is 0.315. The third-order valence-corrected chi connectivity index (χ3v) is 6.88. The van der Waals surface area contributed by atoms with E-state index in [9.17, 15) is 16.8 Å². The minimum Gasteiger partial charge on any atom is -0.489 e. The Morgan fingerprint density at radius 1 is 1.29 bits per heavy atom. The zero-order valence-corrected chi connectivity index (χ0v) is 12.9. The Hall–Kier alpha value is -1.32. The Kier molecular flexibility index (Phi) is 3.58. The first-order valence-corrected chi connectivity index (χ1v) is 9.86. The summed E-state index contributed by atoms with van der Waals surface area (Å²) in [5.41, 5.74) is 0.470. The number of hydrogen-bond donors (Lipinski definition) is 1. The van der Waals surface area contributed by atoms with Crippen molar-refractivity contribution >= 4 is 25.7 Å². The molecule has 0 amide bonds. The van der Waals surface area contributed by atoms with Gasteiger partial charge in [-0.3, -0.25) is 4.31 Å². The van der Waals surface area contributed by atoms with Crippen molar-refractivity contribution in [3.8, 4) is 5.75 Å². The van der Waals surface area contributed by atoms with E-state index in [1.54, 1.807) is 24.3 Å². The summed E-state index contributed by atoms with van der Waals surface area (Å²) < 4.78 is 57.0. The molecule has 1 aromatic carbocycles. The van der Waals surface area contributed by atoms with Crippen LogP contribution in [0.4, 0.5) is 5.69 Å². The molecule has 116 valence electrons. The van der Waals surface area contributed by atoms with Crippen LogP contribution in [0.1, 0.15) is 6.42 Å². The SMILES string of the molecule is O=S1(=O)CCC(NS(=O)(=O)N2CCOc3ccccc32)C1. The van der Waals surface area contributed by atoms with E-state index >= 15 is 0 Å². The van der Waals surface area contributed by atoms with Crippen molar-refractivity contribution in [3.05, 3.63) is 24.3 Å². The first-order chi connectivity index (χ1) is 9.87. The number of para-hydroxylation sites is 2. The van der Waals surface area contributed by atoms with Gasteiger partial charge in [0.05, 0.1) is 23.7 Å². The van der Waals surface area contributed by atoms with E-state index in [2.05, 4.69) is 4.72 Å². The van der Waals surface area contributed by atoms with Crippen molar-refractivity contribution < 1.29 is 21.6 Å². The van der Waals surface area contributed by atoms with E-state index in [4.69, 9.17) is 4.74 Å². The topological polar surface area (TPSA) is 92.8 Å². The maximum Gasteiger partial charge on any atom is 0.302 e. The van der Waals surface area contributed by atoms with E-state index in [-0.39, 0.29) is 24.7 Å². The Balaban J connectivity index is 1.83. The second kappa shape index (κ2) is 5.15. The molecule has 0 aliphatic carbocycles. The lowest BCUT2D eigenvalue weighted by atomic mass is 10.2. The van der Waals surface area contributed by atoms with E-state index < -0.39 is 26.1 Å². The predicted octanol–water partition coefficient (Wildman–Crippen LogP) is -0.0931. The molecule has 0 aromatic heterocycles. The summed E-state index contributed by atoms with van der Waals surface area (Å²) in [6.07, 6.45) is 0.313. The molecule has 1 atom stereocenters. The van der Waals surface area contributed by atoms with Crippen LogP contribution >= 0.6 is 0 Å². The summed E-state index contributed by atoms with van der Waals surface area (Å²) >= 11 is 0. The Bertz CT molecular complexity index is 745. The maximum absolute atomic E-state index is 12.5. The molecule has 0 bridgehead atoms. The van der Waals surface area contributed by atoms with Crippen LogP contribution in [0.15, 0.2) is 24.3 Å². The van der Waals surface area contributed by atoms with E-state index in [0.29, 0.717) is 17.9 Å². The van der Waals surface area contributed by atoms with E-state index in [1.165, 1.54) is 4.31 Å². The fourth-order valence-electron chi connectivity index (χ4n) is 2.56. The van der Waals surface area contributed by atoms with E-state index in [1.807, 2.05) is 0 Å². The molecule has 1 fully saturated rings. The van der Waals surface area contributed by atoms with Gasteiger partial charge in [0.25, 0.3) is 0 Å². The van der Waals surface area contributed by atoms with E-state index in [0.717, 1.165) is 0 Å². The molecule has 0 spiro atoms. The molecule has 1 unspecified atom stereocenters. The van der Waals surface area contributed by atoms with Crippen LogP contribution in [0.3, 0.4) is 0 Å². The molecule has 2 aliphatic rings. The van der Waals surface area contributed by atoms with Gasteiger partial charge in [-0.2, -0.15) is 13.1 Å². The van der Waals surface area contributed by atoms with Crippen molar-refractivity contribution in [2.75, 3.05) is 29.0 Å². The average Bonchev–Trinajstić information content (AvgIpc) is 2.76. The maximum atomic E-state index is 12.5. The summed E-state index contributed by atoms with van der Waals surface area (Å²) in [5.74, 6) is 0.395. The number of rotatable bonds is 3. The lowest BCUT2D eigenvalue weighted by Crippen LogP contribution is -2.48. The van der Waals surface area contributed by atoms with Gasteiger partial charge in [-0.1, -0.05) is 12.1 Å². The largest absolute Gasteiger partial charge is 0.489 e. The predicted molar refractivity (Wildman–Crippen MR) is 78.4 cm³/mol. The Morgan fingerprint density at radius 3 is 2.76 bits per heavy atom. The highest BCUT2D eigenvalue weighted by molar-refractivity contribution is 7.92. The third-order valence-electron chi connectivity index (χ3n) is 3.52. The molecule has 1 aromatic rings. The first kappa shape index (κ1) is 14.6. The number of anilines is 1. The van der Waals surface area contributed by atoms with Gasteiger partial charge in [-0.15, -0.1) is 0 Å². The smallest absolute Gasteiger partial charge is 0.302 e. The number of sulfone groups is 1. The molecule has 0 radical (unpaired) electrons. The van der Waals surface area contributed by atoms with Crippen LogP contribution < -0.4 is 13.8 Å². The molecule has 2 aliphatic heterocycles. The van der Waals surface area contributed by atoms with Gasteiger partial charge < -0.3 is 4.74 Å². The van der Waals surface area contributed by atoms with Crippen LogP contribution in [0.25, 0.3) is 0 Å². The van der Waals surface area contributed by atoms with Crippen molar-refractivity contribution in [2.45, 2.75) is 12.5 Å². The standard InChI is InChI=1S/C12H16N2O5S2/c15-20(16)8-5-10(9-20)13-21(17,18)14-6-7-19-12-4-2-1-3-11(12)14/h1-4,10,13H,5-9H2. The lowest BCUT2D eigenvalue weighted by Gasteiger charge is -2.31. The number of hydrogen-bond acceptors (Lipinski definition) is 5. The minimum absolute atomic E-state index is 0.0277. The van der Waals surface area contributed by atoms with Gasteiger partial charge >= 0.3 is 10.2 Å². The monoisotopic (exact) mass is 332 g/mol. The molecule has 7 nitrogen and oxygen atoms in total. The quantitative estimate of drug-likeness (QED) is 0.835. The van der Waals surface area contributed by atoms with Gasteiger partial charge in [0.2, 0.25) is 0 Å². The number of benzene rings is 1. The summed E-state index contributed by atoms with van der Waals surface area (Å²) in [4.78, 5) is 0. The molecule has 21 heavy (non-hydrogen) atoms. The van der Waals surface area contributed by atoms with Gasteiger partial charge in [0, 0.05) is 6.04 Å².